The normalized spacial score (nSPS) is 10.6. The summed E-state index contributed by atoms with van der Waals surface area (Å²) in [6.45, 7) is 4.76. The molecule has 0 atom stereocenters. The number of hydrogen-bond donors (Lipinski definition) is 2. The molecule has 0 radical (unpaired) electrons. The summed E-state index contributed by atoms with van der Waals surface area (Å²) in [4.78, 5) is 12.3. The number of nitrogens with zero attached hydrogens (tertiary/aromatic N) is 2. The van der Waals surface area contributed by atoms with Crippen molar-refractivity contribution in [2.24, 2.45) is 0 Å². The molecule has 6 heteroatoms. The Morgan fingerprint density at radius 3 is 2.19 bits per heavy atom. The minimum atomic E-state index is -0.311. The van der Waals surface area contributed by atoms with Crippen molar-refractivity contribution >= 4 is 28.3 Å². The lowest BCUT2D eigenvalue weighted by molar-refractivity contribution is 0.262. The highest BCUT2D eigenvalue weighted by molar-refractivity contribution is 6.00. The number of rotatable bonds is 5. The van der Waals surface area contributed by atoms with Crippen LogP contribution in [0.3, 0.4) is 0 Å². The van der Waals surface area contributed by atoms with Gasteiger partial charge in [-0.2, -0.15) is 5.26 Å². The average molecular weight is 425 g/mol. The van der Waals surface area contributed by atoms with Crippen molar-refractivity contribution in [2.45, 2.75) is 20.4 Å². The highest BCUT2D eigenvalue weighted by Gasteiger charge is 2.18. The second-order valence-electron chi connectivity index (χ2n) is 7.49. The Morgan fingerprint density at radius 2 is 1.62 bits per heavy atom. The number of aromatic nitrogens is 1. The molecule has 0 unspecified atom stereocenters. The van der Waals surface area contributed by atoms with Crippen molar-refractivity contribution in [1.29, 1.82) is 5.26 Å². The summed E-state index contributed by atoms with van der Waals surface area (Å²) in [7, 11) is 1.63. The van der Waals surface area contributed by atoms with E-state index < -0.39 is 0 Å². The molecule has 0 spiro atoms. The van der Waals surface area contributed by atoms with Gasteiger partial charge in [-0.25, -0.2) is 4.79 Å². The van der Waals surface area contributed by atoms with E-state index in [1.54, 1.807) is 7.11 Å². The highest BCUT2D eigenvalue weighted by Crippen LogP contribution is 2.35. The lowest BCUT2D eigenvalue weighted by atomic mass is 10.1. The second-order valence-corrected chi connectivity index (χ2v) is 7.49. The number of hydrogen-bond acceptors (Lipinski definition) is 3. The molecular weight excluding hydrogens is 400 g/mol. The van der Waals surface area contributed by atoms with Gasteiger partial charge in [0.25, 0.3) is 0 Å². The third kappa shape index (κ3) is 4.01. The van der Waals surface area contributed by atoms with E-state index in [0.29, 0.717) is 17.8 Å². The number of amides is 2. The van der Waals surface area contributed by atoms with Gasteiger partial charge in [0.2, 0.25) is 0 Å². The molecule has 1 heterocycles. The molecule has 0 fully saturated rings. The number of aryl methyl sites for hydroxylation is 2. The largest absolute Gasteiger partial charge is 0.497 e. The Kier molecular flexibility index (Phi) is 5.82. The number of methoxy groups -OCH3 is 1. The van der Waals surface area contributed by atoms with Gasteiger partial charge >= 0.3 is 6.03 Å². The summed E-state index contributed by atoms with van der Waals surface area (Å²) >= 11 is 0. The van der Waals surface area contributed by atoms with E-state index in [-0.39, 0.29) is 6.03 Å². The van der Waals surface area contributed by atoms with Crippen LogP contribution in [0.25, 0.3) is 22.2 Å². The molecule has 4 rings (SSSR count). The summed E-state index contributed by atoms with van der Waals surface area (Å²) < 4.78 is 7.48. The molecule has 6 nitrogen and oxygen atoms in total. The lowest BCUT2D eigenvalue weighted by Crippen LogP contribution is -2.19. The van der Waals surface area contributed by atoms with E-state index in [1.807, 2.05) is 73.7 Å². The Bertz CT molecular complexity index is 1310. The van der Waals surface area contributed by atoms with Crippen LogP contribution in [0, 0.1) is 18.3 Å². The number of carbonyl (C=O) groups excluding carboxylic acids is 1. The number of nitriles is 1. The van der Waals surface area contributed by atoms with Crippen LogP contribution in [0.5, 0.6) is 5.75 Å². The average Bonchev–Trinajstić information content (AvgIpc) is 3.13. The van der Waals surface area contributed by atoms with Crippen LogP contribution in [-0.2, 0) is 6.54 Å². The minimum Gasteiger partial charge on any atom is -0.497 e. The third-order valence-corrected chi connectivity index (χ3v) is 5.43. The maximum atomic E-state index is 12.3. The quantitative estimate of drug-likeness (QED) is 0.403. The van der Waals surface area contributed by atoms with Crippen LogP contribution < -0.4 is 15.4 Å². The van der Waals surface area contributed by atoms with Crippen molar-refractivity contribution in [3.05, 3.63) is 77.9 Å². The maximum absolute atomic E-state index is 12.3. The van der Waals surface area contributed by atoms with Gasteiger partial charge in [-0.05, 0) is 55.8 Å². The number of fused-ring (bicyclic) bond motifs is 1. The predicted molar refractivity (Wildman–Crippen MR) is 128 cm³/mol. The van der Waals surface area contributed by atoms with E-state index in [2.05, 4.69) is 28.2 Å². The molecule has 32 heavy (non-hydrogen) atoms. The van der Waals surface area contributed by atoms with Crippen LogP contribution >= 0.6 is 0 Å². The van der Waals surface area contributed by atoms with Crippen molar-refractivity contribution in [3.8, 4) is 23.1 Å². The number of benzene rings is 3. The molecule has 0 saturated carbocycles. The molecular formula is C26H24N4O2. The topological polar surface area (TPSA) is 79.1 Å². The molecule has 0 bridgehead atoms. The predicted octanol–water partition coefficient (Wildman–Crippen LogP) is 6.16. The van der Waals surface area contributed by atoms with Gasteiger partial charge in [0.1, 0.15) is 11.8 Å². The van der Waals surface area contributed by atoms with Crippen molar-refractivity contribution in [2.75, 3.05) is 17.7 Å². The lowest BCUT2D eigenvalue weighted by Gasteiger charge is -2.11. The summed E-state index contributed by atoms with van der Waals surface area (Å²) in [6, 6.07) is 22.9. The number of anilines is 2. The first-order chi connectivity index (χ1) is 15.5. The van der Waals surface area contributed by atoms with Crippen LogP contribution in [0.2, 0.25) is 0 Å². The molecule has 0 saturated heterocycles. The Hall–Kier alpha value is -4.24. The molecule has 1 aromatic heterocycles. The third-order valence-electron chi connectivity index (χ3n) is 5.43. The van der Waals surface area contributed by atoms with Gasteiger partial charge in [-0.1, -0.05) is 29.8 Å². The first-order valence-corrected chi connectivity index (χ1v) is 10.4. The number of nitrogens with one attached hydrogen (secondary N) is 2. The second kappa shape index (κ2) is 8.86. The molecule has 0 aliphatic carbocycles. The summed E-state index contributed by atoms with van der Waals surface area (Å²) in [6.07, 6.45) is 0. The monoisotopic (exact) mass is 424 g/mol. The SMILES string of the molecule is CCn1c(-c2ccc(NC(=O)Nc3ccc(C)cc3)cc2)c(C#N)c2ccc(OC)cc21. The van der Waals surface area contributed by atoms with Crippen LogP contribution in [0.4, 0.5) is 16.2 Å². The fraction of sp³-hybridized carbons (Fsp3) is 0.154. The molecule has 2 N–H and O–H groups in total. The van der Waals surface area contributed by atoms with E-state index in [0.717, 1.165) is 39.2 Å². The standard InChI is InChI=1S/C26H24N4O2/c1-4-30-24-15-21(32-3)13-14-22(24)23(16-27)25(30)18-7-11-20(12-8-18)29-26(31)28-19-9-5-17(2)6-10-19/h5-15H,4H2,1-3H3,(H2,28,29,31). The fourth-order valence-electron chi connectivity index (χ4n) is 3.84. The minimum absolute atomic E-state index is 0.311. The maximum Gasteiger partial charge on any atom is 0.323 e. The first kappa shape index (κ1) is 21.0. The van der Waals surface area contributed by atoms with E-state index in [1.165, 1.54) is 0 Å². The molecule has 0 aliphatic heterocycles. The van der Waals surface area contributed by atoms with E-state index >= 15 is 0 Å². The molecule has 4 aromatic rings. The number of carbonyl (C=O) groups is 1. The zero-order valence-corrected chi connectivity index (χ0v) is 18.3. The van der Waals surface area contributed by atoms with Crippen LogP contribution in [-0.4, -0.2) is 17.7 Å². The molecule has 160 valence electrons. The van der Waals surface area contributed by atoms with Gasteiger partial charge in [0.05, 0.1) is 23.9 Å². The fourth-order valence-corrected chi connectivity index (χ4v) is 3.84. The molecule has 3 aromatic carbocycles. The van der Waals surface area contributed by atoms with Gasteiger partial charge in [0, 0.05) is 29.4 Å². The van der Waals surface area contributed by atoms with Gasteiger partial charge in [-0.15, -0.1) is 0 Å². The van der Waals surface area contributed by atoms with E-state index in [4.69, 9.17) is 4.74 Å². The van der Waals surface area contributed by atoms with Crippen LogP contribution in [0.15, 0.2) is 66.7 Å². The van der Waals surface area contributed by atoms with Gasteiger partial charge in [-0.3, -0.25) is 0 Å². The van der Waals surface area contributed by atoms with Crippen molar-refractivity contribution in [1.82, 2.24) is 4.57 Å². The summed E-state index contributed by atoms with van der Waals surface area (Å²) in [5, 5.41) is 16.4. The van der Waals surface area contributed by atoms with Crippen LogP contribution in [0.1, 0.15) is 18.1 Å². The summed E-state index contributed by atoms with van der Waals surface area (Å²) in [5.74, 6) is 0.750. The van der Waals surface area contributed by atoms with Gasteiger partial charge in [0.15, 0.2) is 0 Å². The zero-order valence-electron chi connectivity index (χ0n) is 18.3. The highest BCUT2D eigenvalue weighted by atomic mass is 16.5. The Labute approximate surface area is 187 Å². The Balaban J connectivity index is 1.62. The van der Waals surface area contributed by atoms with E-state index in [9.17, 15) is 10.1 Å². The molecule has 0 aliphatic rings. The molecule has 2 amide bonds. The van der Waals surface area contributed by atoms with Gasteiger partial charge < -0.3 is 19.9 Å². The van der Waals surface area contributed by atoms with Crippen molar-refractivity contribution in [3.63, 3.8) is 0 Å². The van der Waals surface area contributed by atoms with Crippen molar-refractivity contribution < 1.29 is 9.53 Å². The number of urea groups is 1. The number of ether oxygens (including phenoxy) is 1. The first-order valence-electron chi connectivity index (χ1n) is 10.4. The zero-order chi connectivity index (χ0) is 22.7. The summed E-state index contributed by atoms with van der Waals surface area (Å²) in [5.41, 5.74) is 5.87. The smallest absolute Gasteiger partial charge is 0.323 e. The Morgan fingerprint density at radius 1 is 1.00 bits per heavy atom.